The van der Waals surface area contributed by atoms with Crippen LogP contribution in [0.5, 0.6) is 0 Å². The molecule has 0 saturated heterocycles. The highest BCUT2D eigenvalue weighted by Crippen LogP contribution is 2.23. The first kappa shape index (κ1) is 18.9. The lowest BCUT2D eigenvalue weighted by atomic mass is 10.1. The van der Waals surface area contributed by atoms with Crippen LogP contribution in [-0.4, -0.2) is 31.9 Å². The van der Waals surface area contributed by atoms with Crippen LogP contribution in [0.3, 0.4) is 0 Å². The lowest BCUT2D eigenvalue weighted by Gasteiger charge is -2.10. The van der Waals surface area contributed by atoms with E-state index in [1.54, 1.807) is 12.1 Å². The molecule has 1 amide bonds. The topological polar surface area (TPSA) is 114 Å². The van der Waals surface area contributed by atoms with Crippen LogP contribution in [0.25, 0.3) is 11.3 Å². The molecule has 9 heteroatoms. The fourth-order valence-corrected chi connectivity index (χ4v) is 4.11. The number of carbonyl (C=O) groups is 1. The standard InChI is InChI=1S/C20H18N4O4S/c25-20(17-13-28-23-19(17)14-6-2-1-3-7-14)22-15-8-4-9-16(12-15)29(26,27)24-18-10-5-11-21-18/h1-4,6-9,12-13H,5,10-11H2,(H,21,24)(H,22,25). The molecule has 4 rings (SSSR count). The van der Waals surface area contributed by atoms with Crippen molar-refractivity contribution in [2.24, 2.45) is 4.99 Å². The summed E-state index contributed by atoms with van der Waals surface area (Å²) in [5.41, 5.74) is 1.74. The Morgan fingerprint density at radius 2 is 1.90 bits per heavy atom. The summed E-state index contributed by atoms with van der Waals surface area (Å²) in [6.45, 7) is 0.621. The SMILES string of the molecule is O=C(Nc1cccc(S(=O)(=O)NC2=NCCC2)c1)c1conc1-c1ccccc1. The number of anilines is 1. The third kappa shape index (κ3) is 4.19. The number of benzene rings is 2. The van der Waals surface area contributed by atoms with Crippen LogP contribution in [0, 0.1) is 0 Å². The number of carbonyl (C=O) groups excluding carboxylic acids is 1. The minimum absolute atomic E-state index is 0.0403. The highest BCUT2D eigenvalue weighted by molar-refractivity contribution is 7.90. The Labute approximate surface area is 167 Å². The van der Waals surface area contributed by atoms with Gasteiger partial charge in [-0.05, 0) is 24.6 Å². The molecule has 0 atom stereocenters. The van der Waals surface area contributed by atoms with Crippen molar-refractivity contribution in [2.45, 2.75) is 17.7 Å². The first-order chi connectivity index (χ1) is 14.0. The summed E-state index contributed by atoms with van der Waals surface area (Å²) < 4.78 is 32.6. The van der Waals surface area contributed by atoms with Crippen LogP contribution in [0.4, 0.5) is 5.69 Å². The molecule has 29 heavy (non-hydrogen) atoms. The quantitative estimate of drug-likeness (QED) is 0.671. The third-order valence-electron chi connectivity index (χ3n) is 4.39. The number of rotatable bonds is 5. The largest absolute Gasteiger partial charge is 0.363 e. The Morgan fingerprint density at radius 3 is 2.66 bits per heavy atom. The van der Waals surface area contributed by atoms with Gasteiger partial charge in [-0.25, -0.2) is 8.42 Å². The van der Waals surface area contributed by atoms with Crippen molar-refractivity contribution in [3.8, 4) is 11.3 Å². The summed E-state index contributed by atoms with van der Waals surface area (Å²) >= 11 is 0. The van der Waals surface area contributed by atoms with Gasteiger partial charge >= 0.3 is 0 Å². The van der Waals surface area contributed by atoms with Crippen molar-refractivity contribution in [2.75, 3.05) is 11.9 Å². The van der Waals surface area contributed by atoms with E-state index in [1.807, 2.05) is 30.3 Å². The van der Waals surface area contributed by atoms with E-state index >= 15 is 0 Å². The molecule has 0 aliphatic carbocycles. The number of nitrogens with one attached hydrogen (secondary N) is 2. The van der Waals surface area contributed by atoms with Crippen LogP contribution >= 0.6 is 0 Å². The molecule has 3 aromatic rings. The average Bonchev–Trinajstić information content (AvgIpc) is 3.40. The van der Waals surface area contributed by atoms with Gasteiger partial charge in [0.05, 0.1) is 4.90 Å². The molecule has 0 fully saturated rings. The first-order valence-electron chi connectivity index (χ1n) is 9.00. The third-order valence-corrected chi connectivity index (χ3v) is 5.77. The van der Waals surface area contributed by atoms with E-state index in [0.29, 0.717) is 30.2 Å². The van der Waals surface area contributed by atoms with Crippen LogP contribution in [-0.2, 0) is 10.0 Å². The van der Waals surface area contributed by atoms with Crippen molar-refractivity contribution < 1.29 is 17.7 Å². The van der Waals surface area contributed by atoms with Crippen molar-refractivity contribution in [1.82, 2.24) is 9.88 Å². The molecule has 1 aliphatic heterocycles. The van der Waals surface area contributed by atoms with Gasteiger partial charge in [-0.2, -0.15) is 0 Å². The smallest absolute Gasteiger partial charge is 0.262 e. The molecule has 148 valence electrons. The lowest BCUT2D eigenvalue weighted by molar-refractivity contribution is 0.102. The molecular formula is C20H18N4O4S. The van der Waals surface area contributed by atoms with Gasteiger partial charge in [0.15, 0.2) is 0 Å². The van der Waals surface area contributed by atoms with E-state index in [-0.39, 0.29) is 10.5 Å². The molecule has 2 N–H and O–H groups in total. The Kier molecular flexibility index (Phi) is 5.13. The zero-order valence-corrected chi connectivity index (χ0v) is 16.1. The molecule has 1 aromatic heterocycles. The zero-order valence-electron chi connectivity index (χ0n) is 15.3. The summed E-state index contributed by atoms with van der Waals surface area (Å²) in [5.74, 6) is 0.00388. The minimum atomic E-state index is -3.77. The Hall–Kier alpha value is -3.46. The number of aromatic nitrogens is 1. The molecule has 2 aromatic carbocycles. The predicted molar refractivity (Wildman–Crippen MR) is 108 cm³/mol. The zero-order chi connectivity index (χ0) is 20.3. The van der Waals surface area contributed by atoms with Crippen LogP contribution in [0.2, 0.25) is 0 Å². The van der Waals surface area contributed by atoms with E-state index in [9.17, 15) is 13.2 Å². The Morgan fingerprint density at radius 1 is 1.07 bits per heavy atom. The van der Waals surface area contributed by atoms with E-state index in [2.05, 4.69) is 20.2 Å². The van der Waals surface area contributed by atoms with E-state index in [0.717, 1.165) is 12.0 Å². The Balaban J connectivity index is 1.55. The van der Waals surface area contributed by atoms with Gasteiger partial charge in [0.2, 0.25) is 0 Å². The van der Waals surface area contributed by atoms with Gasteiger partial charge in [-0.1, -0.05) is 41.6 Å². The van der Waals surface area contributed by atoms with Gasteiger partial charge in [0, 0.05) is 24.2 Å². The molecule has 0 saturated carbocycles. The van der Waals surface area contributed by atoms with Crippen LogP contribution in [0.15, 0.2) is 75.3 Å². The number of amides is 1. The summed E-state index contributed by atoms with van der Waals surface area (Å²) in [6, 6.07) is 15.2. The van der Waals surface area contributed by atoms with Crippen molar-refractivity contribution in [1.29, 1.82) is 0 Å². The first-order valence-corrected chi connectivity index (χ1v) is 10.5. The van der Waals surface area contributed by atoms with Crippen LogP contribution < -0.4 is 10.0 Å². The molecule has 0 radical (unpaired) electrons. The maximum atomic E-state index is 12.7. The van der Waals surface area contributed by atoms with Crippen molar-refractivity contribution in [3.63, 3.8) is 0 Å². The predicted octanol–water partition coefficient (Wildman–Crippen LogP) is 3.06. The molecule has 2 heterocycles. The molecule has 0 spiro atoms. The second kappa shape index (κ2) is 7.88. The summed E-state index contributed by atoms with van der Waals surface area (Å²) in [6.07, 6.45) is 2.69. The number of amidine groups is 1. The number of hydrogen-bond donors (Lipinski definition) is 2. The number of nitrogens with zero attached hydrogens (tertiary/aromatic N) is 2. The molecule has 1 aliphatic rings. The van der Waals surface area contributed by atoms with E-state index in [1.165, 1.54) is 18.4 Å². The minimum Gasteiger partial charge on any atom is -0.363 e. The second-order valence-corrected chi connectivity index (χ2v) is 8.14. The molecule has 0 unspecified atom stereocenters. The van der Waals surface area contributed by atoms with Gasteiger partial charge in [-0.15, -0.1) is 0 Å². The maximum absolute atomic E-state index is 12.7. The van der Waals surface area contributed by atoms with Crippen molar-refractivity contribution >= 4 is 27.5 Å². The summed E-state index contributed by atoms with van der Waals surface area (Å²) in [7, 11) is -3.77. The normalized spacial score (nSPS) is 13.7. The monoisotopic (exact) mass is 410 g/mol. The maximum Gasteiger partial charge on any atom is 0.262 e. The number of hydrogen-bond acceptors (Lipinski definition) is 6. The number of sulfonamides is 1. The molecular weight excluding hydrogens is 392 g/mol. The number of aliphatic imine (C=N–C) groups is 1. The summed E-state index contributed by atoms with van der Waals surface area (Å²) in [5, 5.41) is 6.61. The van der Waals surface area contributed by atoms with Gasteiger partial charge < -0.3 is 9.84 Å². The molecule has 0 bridgehead atoms. The Bertz CT molecular complexity index is 1170. The fourth-order valence-electron chi connectivity index (χ4n) is 2.98. The highest BCUT2D eigenvalue weighted by Gasteiger charge is 2.20. The van der Waals surface area contributed by atoms with E-state index < -0.39 is 15.9 Å². The van der Waals surface area contributed by atoms with Crippen LogP contribution in [0.1, 0.15) is 23.2 Å². The summed E-state index contributed by atoms with van der Waals surface area (Å²) in [4.78, 5) is 16.9. The van der Waals surface area contributed by atoms with Gasteiger partial charge in [0.1, 0.15) is 23.4 Å². The molecule has 8 nitrogen and oxygen atoms in total. The van der Waals surface area contributed by atoms with Crippen molar-refractivity contribution in [3.05, 3.63) is 66.4 Å². The lowest BCUT2D eigenvalue weighted by Crippen LogP contribution is -2.29. The highest BCUT2D eigenvalue weighted by atomic mass is 32.2. The van der Waals surface area contributed by atoms with Gasteiger partial charge in [0.25, 0.3) is 15.9 Å². The van der Waals surface area contributed by atoms with Gasteiger partial charge in [-0.3, -0.25) is 14.5 Å². The second-order valence-electron chi connectivity index (χ2n) is 6.46. The average molecular weight is 410 g/mol. The fraction of sp³-hybridized carbons (Fsp3) is 0.150. The van der Waals surface area contributed by atoms with E-state index in [4.69, 9.17) is 4.52 Å².